The lowest BCUT2D eigenvalue weighted by atomic mass is 9.95. The predicted octanol–water partition coefficient (Wildman–Crippen LogP) is 1.38. The Labute approximate surface area is 126 Å². The molecule has 2 saturated heterocycles. The molecule has 1 N–H and O–H groups in total. The first-order valence-electron chi connectivity index (χ1n) is 7.40. The first-order valence-corrected chi connectivity index (χ1v) is 8.84. The highest BCUT2D eigenvalue weighted by Gasteiger charge is 2.38. The number of methoxy groups -OCH3 is 1. The van der Waals surface area contributed by atoms with Crippen LogP contribution in [0.3, 0.4) is 0 Å². The highest BCUT2D eigenvalue weighted by molar-refractivity contribution is 7.89. The summed E-state index contributed by atoms with van der Waals surface area (Å²) in [5.74, 6) is 0.858. The summed E-state index contributed by atoms with van der Waals surface area (Å²) in [5.41, 5.74) is 0.923. The van der Waals surface area contributed by atoms with Crippen LogP contribution in [-0.2, 0) is 10.0 Å². The number of sulfonamides is 1. The Bertz CT molecular complexity index is 630. The Hall–Kier alpha value is -1.11. The number of hydrogen-bond donors (Lipinski definition) is 1. The van der Waals surface area contributed by atoms with E-state index in [2.05, 4.69) is 5.32 Å². The van der Waals surface area contributed by atoms with Crippen molar-refractivity contribution in [2.24, 2.45) is 5.92 Å². The zero-order chi connectivity index (χ0) is 15.0. The topological polar surface area (TPSA) is 58.6 Å². The number of nitrogens with zero attached hydrogens (tertiary/aromatic N) is 1. The molecule has 6 heteroatoms. The van der Waals surface area contributed by atoms with Crippen molar-refractivity contribution < 1.29 is 13.2 Å². The van der Waals surface area contributed by atoms with E-state index in [9.17, 15) is 8.42 Å². The molecule has 2 fully saturated rings. The van der Waals surface area contributed by atoms with Gasteiger partial charge in [-0.2, -0.15) is 4.31 Å². The Balaban J connectivity index is 1.91. The molecule has 2 aliphatic heterocycles. The maximum absolute atomic E-state index is 12.9. The predicted molar refractivity (Wildman–Crippen MR) is 81.0 cm³/mol. The molecule has 2 atom stereocenters. The molecule has 0 bridgehead atoms. The zero-order valence-electron chi connectivity index (χ0n) is 12.5. The summed E-state index contributed by atoms with van der Waals surface area (Å²) < 4.78 is 32.7. The lowest BCUT2D eigenvalue weighted by Crippen LogP contribution is -2.46. The average molecular weight is 310 g/mol. The van der Waals surface area contributed by atoms with Crippen molar-refractivity contribution in [3.05, 3.63) is 23.8 Å². The summed E-state index contributed by atoms with van der Waals surface area (Å²) in [5, 5.41) is 3.46. The van der Waals surface area contributed by atoms with Crippen molar-refractivity contribution >= 4 is 10.0 Å². The third-order valence-corrected chi connectivity index (χ3v) is 6.44. The molecular formula is C15H22N2O3S. The van der Waals surface area contributed by atoms with E-state index in [0.717, 1.165) is 24.9 Å². The summed E-state index contributed by atoms with van der Waals surface area (Å²) in [4.78, 5) is 0.286. The number of ether oxygens (including phenoxy) is 1. The van der Waals surface area contributed by atoms with Gasteiger partial charge in [0, 0.05) is 19.1 Å². The third kappa shape index (κ3) is 2.67. The first kappa shape index (κ1) is 14.8. The van der Waals surface area contributed by atoms with Crippen LogP contribution in [0.2, 0.25) is 0 Å². The van der Waals surface area contributed by atoms with E-state index in [1.54, 1.807) is 16.4 Å². The SMILES string of the molecule is COc1ccc(C)cc1S(=O)(=O)N1CCC2NCCC2C1. The van der Waals surface area contributed by atoms with Gasteiger partial charge in [0.1, 0.15) is 10.6 Å². The molecule has 0 aromatic heterocycles. The van der Waals surface area contributed by atoms with Crippen molar-refractivity contribution in [2.75, 3.05) is 26.7 Å². The van der Waals surface area contributed by atoms with E-state index >= 15 is 0 Å². The van der Waals surface area contributed by atoms with Crippen molar-refractivity contribution in [1.82, 2.24) is 9.62 Å². The molecule has 116 valence electrons. The van der Waals surface area contributed by atoms with Crippen LogP contribution in [0.4, 0.5) is 0 Å². The quantitative estimate of drug-likeness (QED) is 0.916. The van der Waals surface area contributed by atoms with E-state index in [-0.39, 0.29) is 4.90 Å². The van der Waals surface area contributed by atoms with Gasteiger partial charge in [0.15, 0.2) is 0 Å². The third-order valence-electron chi connectivity index (χ3n) is 4.56. The highest BCUT2D eigenvalue weighted by Crippen LogP contribution is 2.32. The van der Waals surface area contributed by atoms with E-state index < -0.39 is 10.0 Å². The normalized spacial score (nSPS) is 26.6. The summed E-state index contributed by atoms with van der Waals surface area (Å²) in [7, 11) is -1.97. The van der Waals surface area contributed by atoms with Crippen molar-refractivity contribution in [2.45, 2.75) is 30.7 Å². The van der Waals surface area contributed by atoms with Gasteiger partial charge >= 0.3 is 0 Å². The highest BCUT2D eigenvalue weighted by atomic mass is 32.2. The van der Waals surface area contributed by atoms with Gasteiger partial charge < -0.3 is 10.1 Å². The lowest BCUT2D eigenvalue weighted by molar-refractivity contribution is 0.246. The number of hydrogen-bond acceptors (Lipinski definition) is 4. The molecule has 0 spiro atoms. The van der Waals surface area contributed by atoms with Gasteiger partial charge in [0.2, 0.25) is 10.0 Å². The van der Waals surface area contributed by atoms with Crippen LogP contribution in [0.1, 0.15) is 18.4 Å². The smallest absolute Gasteiger partial charge is 0.246 e. The number of nitrogens with one attached hydrogen (secondary N) is 1. The fraction of sp³-hybridized carbons (Fsp3) is 0.600. The minimum absolute atomic E-state index is 0.286. The molecule has 1 aromatic carbocycles. The minimum Gasteiger partial charge on any atom is -0.495 e. The Morgan fingerprint density at radius 3 is 2.90 bits per heavy atom. The van der Waals surface area contributed by atoms with Gasteiger partial charge in [-0.1, -0.05) is 6.07 Å². The van der Waals surface area contributed by atoms with Gasteiger partial charge in [0.05, 0.1) is 7.11 Å². The van der Waals surface area contributed by atoms with E-state index in [1.165, 1.54) is 7.11 Å². The van der Waals surface area contributed by atoms with E-state index in [1.807, 2.05) is 13.0 Å². The summed E-state index contributed by atoms with van der Waals surface area (Å²) in [6.07, 6.45) is 1.94. The maximum atomic E-state index is 12.9. The molecule has 0 radical (unpaired) electrons. The number of aryl methyl sites for hydroxylation is 1. The van der Waals surface area contributed by atoms with Crippen LogP contribution in [0.25, 0.3) is 0 Å². The maximum Gasteiger partial charge on any atom is 0.246 e. The van der Waals surface area contributed by atoms with E-state index in [0.29, 0.717) is 30.8 Å². The van der Waals surface area contributed by atoms with Crippen LogP contribution in [0.5, 0.6) is 5.75 Å². The summed E-state index contributed by atoms with van der Waals surface area (Å²) in [6.45, 7) is 4.08. The minimum atomic E-state index is -3.49. The van der Waals surface area contributed by atoms with Crippen LogP contribution in [-0.4, -0.2) is 45.5 Å². The second-order valence-electron chi connectivity index (χ2n) is 5.92. The number of benzene rings is 1. The fourth-order valence-electron chi connectivity index (χ4n) is 3.36. The van der Waals surface area contributed by atoms with E-state index in [4.69, 9.17) is 4.74 Å². The number of piperidine rings is 1. The van der Waals surface area contributed by atoms with Crippen LogP contribution in [0.15, 0.2) is 23.1 Å². The number of fused-ring (bicyclic) bond motifs is 1. The Morgan fingerprint density at radius 1 is 1.33 bits per heavy atom. The van der Waals surface area contributed by atoms with Crippen molar-refractivity contribution in [3.8, 4) is 5.75 Å². The monoisotopic (exact) mass is 310 g/mol. The molecule has 2 aliphatic rings. The summed E-state index contributed by atoms with van der Waals surface area (Å²) in [6, 6.07) is 5.78. The standard InChI is InChI=1S/C15H22N2O3S/c1-11-3-4-14(20-2)15(9-11)21(18,19)17-8-6-13-12(10-17)5-7-16-13/h3-4,9,12-13,16H,5-8,10H2,1-2H3. The molecule has 2 heterocycles. The second kappa shape index (κ2) is 5.59. The molecule has 1 aromatic rings. The molecule has 3 rings (SSSR count). The molecule has 5 nitrogen and oxygen atoms in total. The van der Waals surface area contributed by atoms with Gasteiger partial charge in [-0.05, 0) is 49.9 Å². The lowest BCUT2D eigenvalue weighted by Gasteiger charge is -2.34. The van der Waals surface area contributed by atoms with Crippen LogP contribution < -0.4 is 10.1 Å². The van der Waals surface area contributed by atoms with Crippen molar-refractivity contribution in [1.29, 1.82) is 0 Å². The van der Waals surface area contributed by atoms with Crippen LogP contribution >= 0.6 is 0 Å². The number of rotatable bonds is 3. The van der Waals surface area contributed by atoms with Crippen LogP contribution in [0, 0.1) is 12.8 Å². The molecular weight excluding hydrogens is 288 g/mol. The fourth-order valence-corrected chi connectivity index (χ4v) is 5.11. The Kier molecular flexibility index (Phi) is 3.94. The summed E-state index contributed by atoms with van der Waals surface area (Å²) >= 11 is 0. The second-order valence-corrected chi connectivity index (χ2v) is 7.82. The zero-order valence-corrected chi connectivity index (χ0v) is 13.3. The molecule has 0 amide bonds. The van der Waals surface area contributed by atoms with Gasteiger partial charge in [-0.3, -0.25) is 0 Å². The van der Waals surface area contributed by atoms with Crippen molar-refractivity contribution in [3.63, 3.8) is 0 Å². The average Bonchev–Trinajstić information content (AvgIpc) is 2.94. The Morgan fingerprint density at radius 2 is 2.14 bits per heavy atom. The molecule has 21 heavy (non-hydrogen) atoms. The first-order chi connectivity index (χ1) is 10.0. The molecule has 0 aliphatic carbocycles. The molecule has 2 unspecified atom stereocenters. The van der Waals surface area contributed by atoms with Gasteiger partial charge in [-0.15, -0.1) is 0 Å². The largest absolute Gasteiger partial charge is 0.495 e. The van der Waals surface area contributed by atoms with Gasteiger partial charge in [-0.25, -0.2) is 8.42 Å². The molecule has 0 saturated carbocycles. The van der Waals surface area contributed by atoms with Gasteiger partial charge in [0.25, 0.3) is 0 Å².